The van der Waals surface area contributed by atoms with Gasteiger partial charge in [-0.3, -0.25) is 4.89 Å². The van der Waals surface area contributed by atoms with E-state index in [0.717, 1.165) is 12.5 Å². The van der Waals surface area contributed by atoms with Crippen molar-refractivity contribution in [3.63, 3.8) is 0 Å². The van der Waals surface area contributed by atoms with Crippen LogP contribution in [0.3, 0.4) is 0 Å². The van der Waals surface area contributed by atoms with Crippen LogP contribution in [0.25, 0.3) is 0 Å². The van der Waals surface area contributed by atoms with E-state index >= 15 is 0 Å². The van der Waals surface area contributed by atoms with E-state index in [1.165, 1.54) is 76.7 Å². The summed E-state index contributed by atoms with van der Waals surface area (Å²) < 4.78 is 0. The summed E-state index contributed by atoms with van der Waals surface area (Å²) in [5.74, 6) is -0.764. The number of hydrogen-bond donors (Lipinski definition) is 1. The average Bonchev–Trinajstić information content (AvgIpc) is 2.57. The molecular formula is C20H34O3. The van der Waals surface area contributed by atoms with Crippen LogP contribution in [-0.4, -0.2) is 11.2 Å². The molecule has 0 aromatic rings. The van der Waals surface area contributed by atoms with Gasteiger partial charge in [0.15, 0.2) is 0 Å². The Morgan fingerprint density at radius 3 is 1.87 bits per heavy atom. The number of carbonyl (C=O) groups is 1. The number of unbranched alkanes of at least 4 members (excludes halogenated alkanes) is 11. The minimum Gasteiger partial charge on any atom is -0.296 e. The molecule has 0 spiro atoms. The summed E-state index contributed by atoms with van der Waals surface area (Å²) in [7, 11) is 0. The largest absolute Gasteiger partial charge is 0.365 e. The first-order chi connectivity index (χ1) is 11.3. The summed E-state index contributed by atoms with van der Waals surface area (Å²) in [4.78, 5) is 14.1. The topological polar surface area (TPSA) is 46.5 Å². The summed E-state index contributed by atoms with van der Waals surface area (Å²) in [5.41, 5.74) is 0. The minimum absolute atomic E-state index is 0.764. The Hall–Kier alpha value is -1.35. The highest BCUT2D eigenvalue weighted by molar-refractivity contribution is 5.81. The minimum atomic E-state index is -0.764. The summed E-state index contributed by atoms with van der Waals surface area (Å²) in [6.45, 7) is 2.26. The molecule has 0 unspecified atom stereocenters. The van der Waals surface area contributed by atoms with Crippen molar-refractivity contribution in [2.45, 2.75) is 84.0 Å². The molecule has 0 aliphatic heterocycles. The van der Waals surface area contributed by atoms with Crippen molar-refractivity contribution in [3.8, 4) is 0 Å². The summed E-state index contributed by atoms with van der Waals surface area (Å²) in [5, 5.41) is 8.03. The lowest BCUT2D eigenvalue weighted by Gasteiger charge is -2.01. The molecule has 0 amide bonds. The molecule has 3 nitrogen and oxygen atoms in total. The zero-order valence-corrected chi connectivity index (χ0v) is 14.7. The van der Waals surface area contributed by atoms with Crippen LogP contribution in [-0.2, 0) is 9.68 Å². The van der Waals surface area contributed by atoms with E-state index in [9.17, 15) is 4.79 Å². The molecule has 0 fully saturated rings. The number of allylic oxidation sites excluding steroid dienone is 5. The van der Waals surface area contributed by atoms with Crippen LogP contribution in [0, 0.1) is 0 Å². The van der Waals surface area contributed by atoms with Gasteiger partial charge in [-0.2, -0.15) is 5.26 Å². The van der Waals surface area contributed by atoms with Gasteiger partial charge in [-0.15, -0.1) is 0 Å². The van der Waals surface area contributed by atoms with Crippen LogP contribution >= 0.6 is 0 Å². The third-order valence-corrected chi connectivity index (χ3v) is 3.77. The van der Waals surface area contributed by atoms with E-state index in [1.807, 2.05) is 12.2 Å². The van der Waals surface area contributed by atoms with Gasteiger partial charge in [-0.05, 0) is 12.8 Å². The predicted octanol–water partition coefficient (Wildman–Crippen LogP) is 6.37. The molecule has 132 valence electrons. The first kappa shape index (κ1) is 21.6. The van der Waals surface area contributed by atoms with Gasteiger partial charge in [0.25, 0.3) is 0 Å². The Kier molecular flexibility index (Phi) is 17.6. The van der Waals surface area contributed by atoms with Crippen molar-refractivity contribution in [2.24, 2.45) is 0 Å². The maximum absolute atomic E-state index is 10.6. The zero-order chi connectivity index (χ0) is 17.0. The molecule has 0 heterocycles. The van der Waals surface area contributed by atoms with Crippen molar-refractivity contribution in [3.05, 3.63) is 36.5 Å². The van der Waals surface area contributed by atoms with Crippen LogP contribution in [0.1, 0.15) is 84.0 Å². The summed E-state index contributed by atoms with van der Waals surface area (Å²) in [6.07, 6.45) is 26.6. The molecule has 0 aromatic carbocycles. The van der Waals surface area contributed by atoms with Crippen LogP contribution in [0.15, 0.2) is 36.5 Å². The number of hydrogen-bond acceptors (Lipinski definition) is 3. The molecule has 0 saturated carbocycles. The molecular weight excluding hydrogens is 288 g/mol. The highest BCUT2D eigenvalue weighted by Crippen LogP contribution is 2.11. The molecule has 0 saturated heterocycles. The van der Waals surface area contributed by atoms with Gasteiger partial charge in [-0.25, -0.2) is 4.79 Å². The summed E-state index contributed by atoms with van der Waals surface area (Å²) >= 11 is 0. The van der Waals surface area contributed by atoms with Gasteiger partial charge >= 0.3 is 5.97 Å². The van der Waals surface area contributed by atoms with E-state index in [4.69, 9.17) is 5.26 Å². The Balaban J connectivity index is 3.26. The van der Waals surface area contributed by atoms with Gasteiger partial charge in [0.2, 0.25) is 0 Å². The second-order valence-corrected chi connectivity index (χ2v) is 5.91. The molecule has 0 bridgehead atoms. The standard InChI is InChI=1S/C20H34O3/c1-2-3-4-5-6-7-8-9-10-11-12-13-14-15-16-17-18-19-20(21)23-22/h14-19,22H,2-13H2,1H3/b15-14+,17-16+,19-18+. The van der Waals surface area contributed by atoms with E-state index in [1.54, 1.807) is 6.08 Å². The van der Waals surface area contributed by atoms with Crippen LogP contribution in [0.5, 0.6) is 0 Å². The molecule has 0 rings (SSSR count). The van der Waals surface area contributed by atoms with Gasteiger partial charge in [0, 0.05) is 6.08 Å². The van der Waals surface area contributed by atoms with Crippen molar-refractivity contribution < 1.29 is 14.9 Å². The molecule has 0 radical (unpaired) electrons. The van der Waals surface area contributed by atoms with Crippen molar-refractivity contribution in [1.82, 2.24) is 0 Å². The molecule has 0 atom stereocenters. The van der Waals surface area contributed by atoms with Gasteiger partial charge < -0.3 is 0 Å². The van der Waals surface area contributed by atoms with Crippen molar-refractivity contribution in [1.29, 1.82) is 0 Å². The lowest BCUT2D eigenvalue weighted by atomic mass is 10.1. The Morgan fingerprint density at radius 1 is 0.783 bits per heavy atom. The SMILES string of the molecule is CCCCCCCCCCCCC/C=C/C=C/C=C/C(=O)OO. The van der Waals surface area contributed by atoms with Gasteiger partial charge in [0.05, 0.1) is 0 Å². The van der Waals surface area contributed by atoms with Crippen LogP contribution in [0.4, 0.5) is 0 Å². The lowest BCUT2D eigenvalue weighted by Crippen LogP contribution is -1.93. The molecule has 0 aliphatic rings. The van der Waals surface area contributed by atoms with E-state index in [-0.39, 0.29) is 0 Å². The Bertz CT molecular complexity index is 343. The zero-order valence-electron chi connectivity index (χ0n) is 14.7. The van der Waals surface area contributed by atoms with E-state index < -0.39 is 5.97 Å². The van der Waals surface area contributed by atoms with Gasteiger partial charge in [-0.1, -0.05) is 102 Å². The maximum Gasteiger partial charge on any atom is 0.365 e. The first-order valence-electron chi connectivity index (χ1n) is 9.16. The quantitative estimate of drug-likeness (QED) is 0.125. The molecule has 0 aromatic heterocycles. The number of rotatable bonds is 15. The predicted molar refractivity (Wildman–Crippen MR) is 97.2 cm³/mol. The van der Waals surface area contributed by atoms with Gasteiger partial charge in [0.1, 0.15) is 0 Å². The monoisotopic (exact) mass is 322 g/mol. The Morgan fingerprint density at radius 2 is 1.30 bits per heavy atom. The fraction of sp³-hybridized carbons (Fsp3) is 0.650. The lowest BCUT2D eigenvalue weighted by molar-refractivity contribution is -0.228. The number of carbonyl (C=O) groups excluding carboxylic acids is 1. The third-order valence-electron chi connectivity index (χ3n) is 3.77. The summed E-state index contributed by atoms with van der Waals surface area (Å²) in [6, 6.07) is 0. The fourth-order valence-electron chi connectivity index (χ4n) is 2.39. The molecule has 3 heteroatoms. The first-order valence-corrected chi connectivity index (χ1v) is 9.16. The fourth-order valence-corrected chi connectivity index (χ4v) is 2.39. The van der Waals surface area contributed by atoms with E-state index in [2.05, 4.69) is 17.9 Å². The van der Waals surface area contributed by atoms with Crippen molar-refractivity contribution >= 4 is 5.97 Å². The van der Waals surface area contributed by atoms with Crippen molar-refractivity contribution in [2.75, 3.05) is 0 Å². The highest BCUT2D eigenvalue weighted by Gasteiger charge is 1.92. The highest BCUT2D eigenvalue weighted by atomic mass is 17.1. The Labute approximate surface area is 142 Å². The van der Waals surface area contributed by atoms with Crippen LogP contribution < -0.4 is 0 Å². The molecule has 1 N–H and O–H groups in total. The van der Waals surface area contributed by atoms with E-state index in [0.29, 0.717) is 0 Å². The van der Waals surface area contributed by atoms with Crippen LogP contribution in [0.2, 0.25) is 0 Å². The smallest absolute Gasteiger partial charge is 0.296 e. The second kappa shape index (κ2) is 18.7. The molecule has 0 aliphatic carbocycles. The third kappa shape index (κ3) is 18.6. The second-order valence-electron chi connectivity index (χ2n) is 5.91. The maximum atomic E-state index is 10.6. The normalized spacial score (nSPS) is 11.9. The average molecular weight is 322 g/mol. The molecule has 23 heavy (non-hydrogen) atoms.